The van der Waals surface area contributed by atoms with Crippen LogP contribution in [0.15, 0.2) is 0 Å². The van der Waals surface area contributed by atoms with E-state index in [4.69, 9.17) is 21.5 Å². The zero-order valence-corrected chi connectivity index (χ0v) is 12.5. The third-order valence-corrected chi connectivity index (χ3v) is 5.17. The number of amides is 1. The van der Waals surface area contributed by atoms with Gasteiger partial charge in [-0.15, -0.1) is 0 Å². The average Bonchev–Trinajstić information content (AvgIpc) is 2.95. The fourth-order valence-corrected chi connectivity index (χ4v) is 4.11. The van der Waals surface area contributed by atoms with Crippen molar-refractivity contribution in [3.63, 3.8) is 0 Å². The standard InChI is InChI=1S/C13H24BN3O5/c15-5-11(18)17-6-8-4-13(16,12(19)20)10(9(8)7-17)2-1-3-14(21)22/h8-10,21-22H,1-7,15-16H2,(H,19,20). The van der Waals surface area contributed by atoms with Crippen LogP contribution < -0.4 is 11.5 Å². The second-order valence-corrected chi connectivity index (χ2v) is 6.49. The Labute approximate surface area is 129 Å². The van der Waals surface area contributed by atoms with Crippen LogP contribution in [0.3, 0.4) is 0 Å². The molecule has 7 N–H and O–H groups in total. The van der Waals surface area contributed by atoms with Crippen LogP contribution in [0.25, 0.3) is 0 Å². The first-order valence-corrected chi connectivity index (χ1v) is 7.65. The van der Waals surface area contributed by atoms with Gasteiger partial charge in [0, 0.05) is 13.1 Å². The molecule has 2 rings (SSSR count). The van der Waals surface area contributed by atoms with Gasteiger partial charge in [0.15, 0.2) is 0 Å². The molecule has 1 saturated heterocycles. The lowest BCUT2D eigenvalue weighted by Crippen LogP contribution is -2.53. The Morgan fingerprint density at radius 3 is 2.55 bits per heavy atom. The van der Waals surface area contributed by atoms with Gasteiger partial charge in [-0.3, -0.25) is 9.59 Å². The van der Waals surface area contributed by atoms with Gasteiger partial charge >= 0.3 is 13.1 Å². The van der Waals surface area contributed by atoms with E-state index in [1.54, 1.807) is 4.90 Å². The summed E-state index contributed by atoms with van der Waals surface area (Å²) in [6.45, 7) is 0.943. The molecule has 4 atom stereocenters. The lowest BCUT2D eigenvalue weighted by Gasteiger charge is -2.31. The summed E-state index contributed by atoms with van der Waals surface area (Å²) in [5, 5.41) is 27.4. The van der Waals surface area contributed by atoms with Crippen molar-refractivity contribution in [2.75, 3.05) is 19.6 Å². The van der Waals surface area contributed by atoms with Crippen molar-refractivity contribution < 1.29 is 24.7 Å². The Kier molecular flexibility index (Phi) is 5.11. The van der Waals surface area contributed by atoms with Gasteiger partial charge in [0.25, 0.3) is 0 Å². The highest BCUT2D eigenvalue weighted by molar-refractivity contribution is 6.40. The molecule has 0 spiro atoms. The van der Waals surface area contributed by atoms with Gasteiger partial charge in [-0.05, 0) is 36.9 Å². The molecule has 0 bridgehead atoms. The number of aliphatic carboxylic acids is 1. The molecule has 0 radical (unpaired) electrons. The zero-order valence-electron chi connectivity index (χ0n) is 12.5. The minimum Gasteiger partial charge on any atom is -0.480 e. The molecule has 22 heavy (non-hydrogen) atoms. The third kappa shape index (κ3) is 3.12. The molecular formula is C13H24BN3O5. The van der Waals surface area contributed by atoms with Crippen molar-refractivity contribution in [3.05, 3.63) is 0 Å². The number of carbonyl (C=O) groups excluding carboxylic acids is 1. The molecule has 2 aliphatic rings. The Hall–Kier alpha value is -1.16. The molecule has 0 aromatic heterocycles. The highest BCUT2D eigenvalue weighted by Crippen LogP contribution is 2.49. The quantitative estimate of drug-likeness (QED) is 0.358. The number of rotatable bonds is 6. The Morgan fingerprint density at radius 1 is 1.32 bits per heavy atom. The van der Waals surface area contributed by atoms with Crippen LogP contribution in [0.1, 0.15) is 19.3 Å². The lowest BCUT2D eigenvalue weighted by molar-refractivity contribution is -0.145. The van der Waals surface area contributed by atoms with E-state index in [0.29, 0.717) is 32.4 Å². The molecule has 1 saturated carbocycles. The summed E-state index contributed by atoms with van der Waals surface area (Å²) in [5.41, 5.74) is 10.2. The van der Waals surface area contributed by atoms with Crippen molar-refractivity contribution in [2.24, 2.45) is 29.2 Å². The van der Waals surface area contributed by atoms with Crippen LogP contribution in [0.5, 0.6) is 0 Å². The first kappa shape index (κ1) is 17.2. The van der Waals surface area contributed by atoms with E-state index < -0.39 is 18.6 Å². The maximum atomic E-state index is 11.7. The van der Waals surface area contributed by atoms with Crippen molar-refractivity contribution >= 4 is 19.0 Å². The van der Waals surface area contributed by atoms with Crippen molar-refractivity contribution in [1.82, 2.24) is 4.90 Å². The molecule has 124 valence electrons. The molecule has 4 unspecified atom stereocenters. The summed E-state index contributed by atoms with van der Waals surface area (Å²) in [7, 11) is -1.40. The maximum absolute atomic E-state index is 11.7. The second-order valence-electron chi connectivity index (χ2n) is 6.49. The number of likely N-dealkylation sites (tertiary alicyclic amines) is 1. The van der Waals surface area contributed by atoms with E-state index in [-0.39, 0.29) is 36.5 Å². The van der Waals surface area contributed by atoms with Gasteiger partial charge in [-0.2, -0.15) is 0 Å². The van der Waals surface area contributed by atoms with E-state index in [0.717, 1.165) is 0 Å². The number of nitrogens with zero attached hydrogens (tertiary/aromatic N) is 1. The van der Waals surface area contributed by atoms with E-state index >= 15 is 0 Å². The Morgan fingerprint density at radius 2 is 2.00 bits per heavy atom. The molecule has 1 aliphatic carbocycles. The number of carboxylic acids is 1. The molecule has 2 fully saturated rings. The molecule has 0 aromatic rings. The highest BCUT2D eigenvalue weighted by Gasteiger charge is 2.58. The molecular weight excluding hydrogens is 289 g/mol. The smallest absolute Gasteiger partial charge is 0.451 e. The maximum Gasteiger partial charge on any atom is 0.451 e. The SMILES string of the molecule is NCC(=O)N1CC2CC(N)(C(=O)O)C(CCCB(O)O)C2C1. The van der Waals surface area contributed by atoms with Crippen LogP contribution in [0.2, 0.25) is 6.32 Å². The van der Waals surface area contributed by atoms with Crippen LogP contribution in [-0.2, 0) is 9.59 Å². The predicted molar refractivity (Wildman–Crippen MR) is 79.5 cm³/mol. The highest BCUT2D eigenvalue weighted by atomic mass is 16.4. The number of hydrogen-bond acceptors (Lipinski definition) is 6. The number of nitrogens with two attached hydrogens (primary N) is 2. The van der Waals surface area contributed by atoms with Gasteiger partial charge in [-0.25, -0.2) is 0 Å². The van der Waals surface area contributed by atoms with Crippen molar-refractivity contribution in [2.45, 2.75) is 31.1 Å². The van der Waals surface area contributed by atoms with Crippen LogP contribution in [0, 0.1) is 17.8 Å². The first-order chi connectivity index (χ1) is 10.3. The average molecular weight is 313 g/mol. The molecule has 8 nitrogen and oxygen atoms in total. The van der Waals surface area contributed by atoms with Crippen LogP contribution >= 0.6 is 0 Å². The number of carbonyl (C=O) groups is 2. The van der Waals surface area contributed by atoms with E-state index in [1.165, 1.54) is 0 Å². The summed E-state index contributed by atoms with van der Waals surface area (Å²) in [4.78, 5) is 25.0. The normalized spacial score (nSPS) is 33.8. The number of hydrogen-bond donors (Lipinski definition) is 5. The van der Waals surface area contributed by atoms with Crippen LogP contribution in [0.4, 0.5) is 0 Å². The lowest BCUT2D eigenvalue weighted by atomic mass is 9.76. The van der Waals surface area contributed by atoms with E-state index in [9.17, 15) is 14.7 Å². The fourth-order valence-electron chi connectivity index (χ4n) is 4.11. The first-order valence-electron chi connectivity index (χ1n) is 7.65. The summed E-state index contributed by atoms with van der Waals surface area (Å²) in [5.74, 6) is -1.32. The largest absolute Gasteiger partial charge is 0.480 e. The minimum atomic E-state index is -1.40. The monoisotopic (exact) mass is 313 g/mol. The summed E-state index contributed by atoms with van der Waals surface area (Å²) in [6.07, 6.45) is 1.53. The van der Waals surface area contributed by atoms with Gasteiger partial charge in [0.1, 0.15) is 5.54 Å². The van der Waals surface area contributed by atoms with Crippen molar-refractivity contribution in [3.8, 4) is 0 Å². The van der Waals surface area contributed by atoms with Crippen molar-refractivity contribution in [1.29, 1.82) is 0 Å². The van der Waals surface area contributed by atoms with Gasteiger partial charge in [0.2, 0.25) is 5.91 Å². The summed E-state index contributed by atoms with van der Waals surface area (Å²) in [6, 6.07) is 0. The fraction of sp³-hybridized carbons (Fsp3) is 0.846. The second kappa shape index (κ2) is 6.53. The third-order valence-electron chi connectivity index (χ3n) is 5.17. The number of carboxylic acid groups (broad SMARTS) is 1. The molecule has 1 heterocycles. The topological polar surface area (TPSA) is 150 Å². The van der Waals surface area contributed by atoms with E-state index in [2.05, 4.69) is 0 Å². The summed E-state index contributed by atoms with van der Waals surface area (Å²) >= 11 is 0. The Balaban J connectivity index is 2.09. The van der Waals surface area contributed by atoms with E-state index in [1.807, 2.05) is 0 Å². The predicted octanol–water partition coefficient (Wildman–Crippen LogP) is -1.93. The number of fused-ring (bicyclic) bond motifs is 1. The minimum absolute atomic E-state index is 0.0347. The van der Waals surface area contributed by atoms with Gasteiger partial charge in [0.05, 0.1) is 6.54 Å². The Bertz CT molecular complexity index is 449. The zero-order chi connectivity index (χ0) is 16.5. The summed E-state index contributed by atoms with van der Waals surface area (Å²) < 4.78 is 0. The molecule has 9 heteroatoms. The van der Waals surface area contributed by atoms with Gasteiger partial charge in [-0.1, -0.05) is 6.42 Å². The van der Waals surface area contributed by atoms with Crippen LogP contribution in [-0.4, -0.2) is 64.2 Å². The van der Waals surface area contributed by atoms with Gasteiger partial charge < -0.3 is 31.5 Å². The molecule has 1 amide bonds. The molecule has 1 aliphatic heterocycles. The molecule has 0 aromatic carbocycles.